The van der Waals surface area contributed by atoms with E-state index in [0.717, 1.165) is 10.1 Å². The molecule has 0 unspecified atom stereocenters. The Bertz CT molecular complexity index is 586. The van der Waals surface area contributed by atoms with Gasteiger partial charge in [0.05, 0.1) is 6.54 Å². The summed E-state index contributed by atoms with van der Waals surface area (Å²) < 4.78 is 0.941. The molecule has 0 amide bonds. The van der Waals surface area contributed by atoms with Crippen LogP contribution in [-0.4, -0.2) is 19.7 Å². The van der Waals surface area contributed by atoms with Crippen LogP contribution in [0, 0.1) is 0 Å². The van der Waals surface area contributed by atoms with E-state index in [0.29, 0.717) is 0 Å². The second-order valence-corrected chi connectivity index (χ2v) is 3.36. The third-order valence-corrected chi connectivity index (χ3v) is 2.20. The Balaban J connectivity index is 2.41. The zero-order valence-electron chi connectivity index (χ0n) is 8.75. The highest BCUT2D eigenvalue weighted by Gasteiger charge is 2.05. The normalized spacial score (nSPS) is 10.2. The van der Waals surface area contributed by atoms with E-state index in [9.17, 15) is 9.59 Å². The monoisotopic (exact) mass is 234 g/mol. The van der Waals surface area contributed by atoms with Gasteiger partial charge in [-0.1, -0.05) is 30.3 Å². The number of nitrogens with zero attached hydrogens (tertiary/aromatic N) is 2. The van der Waals surface area contributed by atoms with Gasteiger partial charge in [0.15, 0.2) is 0 Å². The zero-order valence-corrected chi connectivity index (χ0v) is 8.75. The molecule has 7 nitrogen and oxygen atoms in total. The Kier molecular flexibility index (Phi) is 3.01. The minimum atomic E-state index is -0.728. The second kappa shape index (κ2) is 4.62. The van der Waals surface area contributed by atoms with E-state index < -0.39 is 11.4 Å². The third kappa shape index (κ3) is 2.40. The Hall–Kier alpha value is -2.41. The molecule has 3 N–H and O–H groups in total. The second-order valence-electron chi connectivity index (χ2n) is 3.36. The van der Waals surface area contributed by atoms with Crippen molar-refractivity contribution in [2.75, 3.05) is 5.48 Å². The molecule has 0 aliphatic heterocycles. The summed E-state index contributed by atoms with van der Waals surface area (Å²) in [5.74, 6) is -0.274. The van der Waals surface area contributed by atoms with Crippen LogP contribution < -0.4 is 16.9 Å². The topological polar surface area (TPSA) is 100 Å². The quantitative estimate of drug-likeness (QED) is 0.637. The minimum absolute atomic E-state index is 0.133. The molecule has 2 aromatic rings. The lowest BCUT2D eigenvalue weighted by atomic mass is 10.2. The summed E-state index contributed by atoms with van der Waals surface area (Å²) in [5.41, 5.74) is 1.07. The van der Waals surface area contributed by atoms with E-state index in [1.54, 1.807) is 17.6 Å². The number of aromatic amines is 1. The molecule has 0 radical (unpaired) electrons. The summed E-state index contributed by atoms with van der Waals surface area (Å²) >= 11 is 0. The third-order valence-electron chi connectivity index (χ3n) is 2.20. The number of H-pyrrole nitrogens is 1. The molecule has 0 fully saturated rings. The van der Waals surface area contributed by atoms with Gasteiger partial charge in [-0.3, -0.25) is 10.2 Å². The first-order valence-electron chi connectivity index (χ1n) is 4.86. The summed E-state index contributed by atoms with van der Waals surface area (Å²) in [6, 6.07) is 9.05. The fourth-order valence-electron chi connectivity index (χ4n) is 1.40. The lowest BCUT2D eigenvalue weighted by molar-refractivity contribution is 0.380. The number of hydrogen-bond donors (Lipinski definition) is 3. The summed E-state index contributed by atoms with van der Waals surface area (Å²) in [6.07, 6.45) is 0. The average Bonchev–Trinajstić information content (AvgIpc) is 2.35. The van der Waals surface area contributed by atoms with Gasteiger partial charge in [-0.2, -0.15) is 4.98 Å². The molecule has 0 bridgehead atoms. The molecule has 0 saturated carbocycles. The molecule has 88 valence electrons. The fourth-order valence-corrected chi connectivity index (χ4v) is 1.40. The highest BCUT2D eigenvalue weighted by molar-refractivity contribution is 5.17. The fraction of sp³-hybridized carbons (Fsp3) is 0.100. The van der Waals surface area contributed by atoms with Crippen molar-refractivity contribution in [1.29, 1.82) is 0 Å². The van der Waals surface area contributed by atoms with Gasteiger partial charge in [0.2, 0.25) is 5.95 Å². The van der Waals surface area contributed by atoms with Gasteiger partial charge in [0, 0.05) is 0 Å². The number of benzene rings is 1. The molecule has 0 aliphatic carbocycles. The summed E-state index contributed by atoms with van der Waals surface area (Å²) in [4.78, 5) is 28.7. The van der Waals surface area contributed by atoms with Crippen molar-refractivity contribution >= 4 is 5.95 Å². The smallest absolute Gasteiger partial charge is 0.288 e. The Labute approximate surface area is 95.3 Å². The number of rotatable bonds is 3. The first-order chi connectivity index (χ1) is 8.20. The SMILES string of the molecule is O=c1nc(NO)[nH]c(=O)n1Cc1ccccc1. The number of aromatic nitrogens is 3. The van der Waals surface area contributed by atoms with Gasteiger partial charge in [0.1, 0.15) is 0 Å². The van der Waals surface area contributed by atoms with Crippen molar-refractivity contribution in [1.82, 2.24) is 14.5 Å². The average molecular weight is 234 g/mol. The van der Waals surface area contributed by atoms with Crippen molar-refractivity contribution in [3.05, 3.63) is 56.9 Å². The van der Waals surface area contributed by atoms with Crippen LogP contribution in [0.15, 0.2) is 39.9 Å². The van der Waals surface area contributed by atoms with Crippen LogP contribution in [0.4, 0.5) is 5.95 Å². The highest BCUT2D eigenvalue weighted by atomic mass is 16.5. The van der Waals surface area contributed by atoms with Crippen LogP contribution in [0.1, 0.15) is 5.56 Å². The maximum Gasteiger partial charge on any atom is 0.355 e. The van der Waals surface area contributed by atoms with Gasteiger partial charge in [-0.25, -0.2) is 19.6 Å². The molecular formula is C10H10N4O3. The zero-order chi connectivity index (χ0) is 12.3. The first kappa shape index (κ1) is 11.1. The highest BCUT2D eigenvalue weighted by Crippen LogP contribution is 1.98. The summed E-state index contributed by atoms with van der Waals surface area (Å²) in [7, 11) is 0. The van der Waals surface area contributed by atoms with Crippen LogP contribution in [0.25, 0.3) is 0 Å². The van der Waals surface area contributed by atoms with Gasteiger partial charge in [0.25, 0.3) is 0 Å². The van der Waals surface area contributed by atoms with Gasteiger partial charge in [-0.05, 0) is 5.56 Å². The van der Waals surface area contributed by atoms with Crippen molar-refractivity contribution in [2.45, 2.75) is 6.54 Å². The van der Waals surface area contributed by atoms with Crippen molar-refractivity contribution < 1.29 is 5.21 Å². The molecule has 1 aromatic carbocycles. The molecule has 0 atom stereocenters. The van der Waals surface area contributed by atoms with Crippen molar-refractivity contribution in [3.8, 4) is 0 Å². The molecule has 0 saturated heterocycles. The Morgan fingerprint density at radius 3 is 2.59 bits per heavy atom. The van der Waals surface area contributed by atoms with Gasteiger partial charge >= 0.3 is 11.4 Å². The standard InChI is InChI=1S/C10H10N4O3/c15-9-11-8(13-17)12-10(16)14(9)6-7-4-2-1-3-5-7/h1-5,17H,6H2,(H2,11,12,13,15,16). The number of nitrogens with one attached hydrogen (secondary N) is 2. The van der Waals surface area contributed by atoms with E-state index in [1.165, 1.54) is 0 Å². The largest absolute Gasteiger partial charge is 0.355 e. The maximum atomic E-state index is 11.5. The van der Waals surface area contributed by atoms with E-state index in [4.69, 9.17) is 5.21 Å². The minimum Gasteiger partial charge on any atom is -0.288 e. The van der Waals surface area contributed by atoms with Gasteiger partial charge in [-0.15, -0.1) is 0 Å². The molecule has 0 aliphatic rings. The summed E-state index contributed by atoms with van der Waals surface area (Å²) in [5, 5.41) is 8.54. The van der Waals surface area contributed by atoms with Crippen molar-refractivity contribution in [2.24, 2.45) is 0 Å². The molecule has 1 heterocycles. The van der Waals surface area contributed by atoms with Crippen LogP contribution in [0.3, 0.4) is 0 Å². The predicted molar refractivity (Wildman–Crippen MR) is 60.1 cm³/mol. The lowest BCUT2D eigenvalue weighted by Crippen LogP contribution is -2.37. The van der Waals surface area contributed by atoms with Crippen molar-refractivity contribution in [3.63, 3.8) is 0 Å². The van der Waals surface area contributed by atoms with E-state index in [2.05, 4.69) is 9.97 Å². The Morgan fingerprint density at radius 1 is 1.29 bits per heavy atom. The predicted octanol–water partition coefficient (Wildman–Crippen LogP) is -0.219. The molecule has 1 aromatic heterocycles. The van der Waals surface area contributed by atoms with E-state index >= 15 is 0 Å². The Morgan fingerprint density at radius 2 is 2.00 bits per heavy atom. The lowest BCUT2D eigenvalue weighted by Gasteiger charge is -2.04. The molecule has 0 spiro atoms. The molecule has 17 heavy (non-hydrogen) atoms. The number of anilines is 1. The van der Waals surface area contributed by atoms with Crippen LogP contribution >= 0.6 is 0 Å². The first-order valence-corrected chi connectivity index (χ1v) is 4.86. The van der Waals surface area contributed by atoms with Gasteiger partial charge < -0.3 is 0 Å². The van der Waals surface area contributed by atoms with E-state index in [1.807, 2.05) is 18.2 Å². The molecular weight excluding hydrogens is 224 g/mol. The maximum absolute atomic E-state index is 11.5. The molecule has 2 rings (SSSR count). The number of hydrogen-bond acceptors (Lipinski definition) is 5. The summed E-state index contributed by atoms with van der Waals surface area (Å²) in [6.45, 7) is 0.133. The van der Waals surface area contributed by atoms with Crippen LogP contribution in [0.2, 0.25) is 0 Å². The van der Waals surface area contributed by atoms with Crippen LogP contribution in [0.5, 0.6) is 0 Å². The van der Waals surface area contributed by atoms with Crippen LogP contribution in [-0.2, 0) is 6.54 Å². The molecule has 7 heteroatoms. The van der Waals surface area contributed by atoms with E-state index in [-0.39, 0.29) is 12.5 Å².